The summed E-state index contributed by atoms with van der Waals surface area (Å²) in [5, 5.41) is 25.0. The van der Waals surface area contributed by atoms with E-state index in [2.05, 4.69) is 5.32 Å². The summed E-state index contributed by atoms with van der Waals surface area (Å²) in [6, 6.07) is 2.00. The molecule has 4 aliphatic rings. The lowest BCUT2D eigenvalue weighted by Gasteiger charge is -2.60. The number of fused-ring (bicyclic) bond motifs is 3. The Morgan fingerprint density at radius 1 is 1.20 bits per heavy atom. The molecule has 1 saturated heterocycles. The van der Waals surface area contributed by atoms with Gasteiger partial charge in [-0.2, -0.15) is 0 Å². The minimum absolute atomic E-state index is 0.127. The maximum absolute atomic E-state index is 11.4. The smallest absolute Gasteiger partial charge is 0.211 e. The molecule has 5 rings (SSSR count). The van der Waals surface area contributed by atoms with Gasteiger partial charge in [0.1, 0.15) is 0 Å². The number of aliphatic hydroxyl groups is 1. The van der Waals surface area contributed by atoms with Gasteiger partial charge in [0.25, 0.3) is 0 Å². The molecule has 2 fully saturated rings. The number of phenolic OH excluding ortho intramolecular Hbond substituents is 1. The van der Waals surface area contributed by atoms with Crippen LogP contribution < -0.4 is 10.1 Å². The van der Waals surface area contributed by atoms with Crippen LogP contribution in [0, 0.1) is 0 Å². The van der Waals surface area contributed by atoms with Gasteiger partial charge in [-0.05, 0) is 43.9 Å². The minimum Gasteiger partial charge on any atom is -0.504 e. The first kappa shape index (κ1) is 11.4. The molecule has 20 heavy (non-hydrogen) atoms. The van der Waals surface area contributed by atoms with E-state index in [1.807, 2.05) is 6.07 Å². The van der Waals surface area contributed by atoms with Crippen LogP contribution in [0.5, 0.6) is 17.2 Å². The molecule has 3 N–H and O–H groups in total. The molecule has 2 bridgehead atoms. The zero-order valence-electron chi connectivity index (χ0n) is 11.4. The van der Waals surface area contributed by atoms with Crippen LogP contribution in [0.1, 0.15) is 43.2 Å². The molecule has 1 aromatic rings. The van der Waals surface area contributed by atoms with Crippen molar-refractivity contribution in [2.24, 2.45) is 0 Å². The van der Waals surface area contributed by atoms with E-state index in [1.165, 1.54) is 5.56 Å². The molecule has 0 amide bonds. The van der Waals surface area contributed by atoms with Crippen LogP contribution in [-0.2, 0) is 11.8 Å². The number of phenols is 1. The Balaban J connectivity index is 1.80. The number of benzene rings is 1. The summed E-state index contributed by atoms with van der Waals surface area (Å²) < 4.78 is 5.48. The topological polar surface area (TPSA) is 65.0 Å². The molecule has 4 nitrogen and oxygen atoms in total. The zero-order chi connectivity index (χ0) is 13.5. The highest BCUT2D eigenvalue weighted by Crippen LogP contribution is 2.64. The van der Waals surface area contributed by atoms with Gasteiger partial charge in [-0.25, -0.2) is 0 Å². The Morgan fingerprint density at radius 2 is 2.05 bits per heavy atom. The molecule has 0 radical (unpaired) electrons. The molecule has 0 unspecified atom stereocenters. The summed E-state index contributed by atoms with van der Waals surface area (Å²) in [4.78, 5) is 0. The fourth-order valence-corrected chi connectivity index (χ4v) is 5.19. The standard InChI is InChI=1S/C16H19NO3/c18-11-8-10-9(13-14(11)20-13)7-12-16(19)4-2-1-3-15(10,16)5-6-17-12/h8,12,17-19H,1-7H2/t12-,15+,16-/m1/s1. The molecule has 1 aromatic carbocycles. The van der Waals surface area contributed by atoms with Crippen molar-refractivity contribution in [3.63, 3.8) is 0 Å². The first-order chi connectivity index (χ1) is 9.66. The third kappa shape index (κ3) is 1.09. The van der Waals surface area contributed by atoms with E-state index in [0.29, 0.717) is 5.75 Å². The Bertz CT molecular complexity index is 625. The molecular weight excluding hydrogens is 254 g/mol. The predicted molar refractivity (Wildman–Crippen MR) is 73.4 cm³/mol. The number of nitrogens with one attached hydrogen (secondary N) is 1. The van der Waals surface area contributed by atoms with E-state index < -0.39 is 5.60 Å². The minimum atomic E-state index is -0.661. The second-order valence-corrected chi connectivity index (χ2v) is 6.86. The van der Waals surface area contributed by atoms with Gasteiger partial charge in [-0.3, -0.25) is 0 Å². The van der Waals surface area contributed by atoms with Crippen LogP contribution in [0.4, 0.5) is 0 Å². The van der Waals surface area contributed by atoms with Crippen molar-refractivity contribution in [3.8, 4) is 17.2 Å². The molecule has 106 valence electrons. The van der Waals surface area contributed by atoms with Gasteiger partial charge >= 0.3 is 0 Å². The van der Waals surface area contributed by atoms with E-state index in [-0.39, 0.29) is 17.2 Å². The summed E-state index contributed by atoms with van der Waals surface area (Å²) in [6.45, 7) is 0.950. The normalized spacial score (nSPS) is 40.1. The third-order valence-electron chi connectivity index (χ3n) is 6.16. The van der Waals surface area contributed by atoms with E-state index in [4.69, 9.17) is 4.74 Å². The van der Waals surface area contributed by atoms with E-state index in [9.17, 15) is 10.2 Å². The first-order valence-corrected chi connectivity index (χ1v) is 7.69. The number of ether oxygens (including phenoxy) is 1. The van der Waals surface area contributed by atoms with Crippen LogP contribution >= 0.6 is 0 Å². The molecule has 2 aliphatic carbocycles. The number of piperidine rings is 1. The first-order valence-electron chi connectivity index (χ1n) is 7.69. The van der Waals surface area contributed by atoms with Crippen molar-refractivity contribution >= 4 is 0 Å². The van der Waals surface area contributed by atoms with Gasteiger partial charge < -0.3 is 20.3 Å². The zero-order valence-corrected chi connectivity index (χ0v) is 11.4. The van der Waals surface area contributed by atoms with Crippen molar-refractivity contribution in [1.29, 1.82) is 0 Å². The summed E-state index contributed by atoms with van der Waals surface area (Å²) in [7, 11) is 0. The molecule has 0 aromatic heterocycles. The lowest BCUT2D eigenvalue weighted by molar-refractivity contribution is -0.124. The maximum Gasteiger partial charge on any atom is 0.211 e. The van der Waals surface area contributed by atoms with Gasteiger partial charge in [0.2, 0.25) is 5.75 Å². The van der Waals surface area contributed by atoms with Crippen molar-refractivity contribution in [2.45, 2.75) is 55.6 Å². The summed E-state index contributed by atoms with van der Waals surface area (Å²) in [5.74, 6) is 1.78. The van der Waals surface area contributed by atoms with Crippen molar-refractivity contribution in [3.05, 3.63) is 17.2 Å². The SMILES string of the molecule is Oc1cc2c(c3c1O3)C[C@H]1NCC[C@@]23CCCC[C@@]13O. The fourth-order valence-electron chi connectivity index (χ4n) is 5.19. The average molecular weight is 273 g/mol. The number of hydrogen-bond donors (Lipinski definition) is 3. The largest absolute Gasteiger partial charge is 0.504 e. The molecule has 4 heteroatoms. The Hall–Kier alpha value is -1.26. The quantitative estimate of drug-likeness (QED) is 0.642. The van der Waals surface area contributed by atoms with Gasteiger partial charge in [0.15, 0.2) is 11.5 Å². The van der Waals surface area contributed by atoms with Crippen LogP contribution in [0.3, 0.4) is 0 Å². The third-order valence-corrected chi connectivity index (χ3v) is 6.16. The number of aromatic hydroxyl groups is 1. The highest BCUT2D eigenvalue weighted by Gasteiger charge is 2.62. The molecule has 2 aliphatic heterocycles. The van der Waals surface area contributed by atoms with Crippen molar-refractivity contribution in [2.75, 3.05) is 6.54 Å². The summed E-state index contributed by atoms with van der Waals surface area (Å²) in [6.07, 6.45) is 5.91. The number of rotatable bonds is 0. The highest BCUT2D eigenvalue weighted by atomic mass is 16.6. The van der Waals surface area contributed by atoms with Crippen LogP contribution in [-0.4, -0.2) is 28.4 Å². The molecule has 3 atom stereocenters. The van der Waals surface area contributed by atoms with E-state index >= 15 is 0 Å². The molecule has 0 spiro atoms. The van der Waals surface area contributed by atoms with Crippen LogP contribution in [0.25, 0.3) is 0 Å². The van der Waals surface area contributed by atoms with Crippen LogP contribution in [0.2, 0.25) is 0 Å². The average Bonchev–Trinajstić information content (AvgIpc) is 3.21. The van der Waals surface area contributed by atoms with Crippen molar-refractivity contribution in [1.82, 2.24) is 5.32 Å². The van der Waals surface area contributed by atoms with Gasteiger partial charge in [-0.1, -0.05) is 12.8 Å². The van der Waals surface area contributed by atoms with Gasteiger partial charge in [0.05, 0.1) is 5.60 Å². The second-order valence-electron chi connectivity index (χ2n) is 6.86. The molecule has 2 heterocycles. The number of hydrogen-bond acceptors (Lipinski definition) is 4. The predicted octanol–water partition coefficient (Wildman–Crippen LogP) is 1.96. The monoisotopic (exact) mass is 273 g/mol. The van der Waals surface area contributed by atoms with Gasteiger partial charge in [0, 0.05) is 17.0 Å². The Labute approximate surface area is 117 Å². The highest BCUT2D eigenvalue weighted by molar-refractivity contribution is 5.71. The van der Waals surface area contributed by atoms with Crippen molar-refractivity contribution < 1.29 is 14.9 Å². The van der Waals surface area contributed by atoms with Gasteiger partial charge in [-0.15, -0.1) is 0 Å². The summed E-state index contributed by atoms with van der Waals surface area (Å²) >= 11 is 0. The lowest BCUT2D eigenvalue weighted by Crippen LogP contribution is -2.71. The Kier molecular flexibility index (Phi) is 1.89. The van der Waals surface area contributed by atoms with Crippen LogP contribution in [0.15, 0.2) is 6.07 Å². The second kappa shape index (κ2) is 3.31. The maximum atomic E-state index is 11.4. The lowest BCUT2D eigenvalue weighted by atomic mass is 9.50. The summed E-state index contributed by atoms with van der Waals surface area (Å²) in [5.41, 5.74) is 1.53. The molecule has 1 saturated carbocycles. The van der Waals surface area contributed by atoms with E-state index in [0.717, 1.165) is 56.4 Å². The fraction of sp³-hybridized carbons (Fsp3) is 0.625. The Morgan fingerprint density at radius 3 is 2.95 bits per heavy atom. The molecular formula is C16H19NO3. The van der Waals surface area contributed by atoms with E-state index in [1.54, 1.807) is 0 Å².